The van der Waals surface area contributed by atoms with Crippen molar-refractivity contribution in [3.63, 3.8) is 0 Å². The molecule has 0 saturated heterocycles. The van der Waals surface area contributed by atoms with Crippen molar-refractivity contribution < 1.29 is 22.7 Å². The summed E-state index contributed by atoms with van der Waals surface area (Å²) in [6, 6.07) is 22.3. The number of fused-ring (bicyclic) bond motifs is 1. The number of methoxy groups -OCH3 is 1. The molecule has 4 rings (SSSR count). The third-order valence-corrected chi connectivity index (χ3v) is 8.59. The van der Waals surface area contributed by atoms with Crippen molar-refractivity contribution in [2.75, 3.05) is 19.0 Å². The molecule has 1 aromatic heterocycles. The summed E-state index contributed by atoms with van der Waals surface area (Å²) in [5, 5.41) is 3.55. The number of hydrogen-bond acceptors (Lipinski definition) is 6. The third-order valence-electron chi connectivity index (χ3n) is 5.16. The average molecular weight is 573 g/mol. The Labute approximate surface area is 215 Å². The molecular weight excluding hydrogens is 552 g/mol. The highest BCUT2D eigenvalue weighted by molar-refractivity contribution is 9.10. The Kier molecular flexibility index (Phi) is 7.66. The Morgan fingerprint density at radius 2 is 1.71 bits per heavy atom. The first-order chi connectivity index (χ1) is 16.8. The van der Waals surface area contributed by atoms with E-state index in [2.05, 4.69) is 21.2 Å². The average Bonchev–Trinajstić information content (AvgIpc) is 3.27. The van der Waals surface area contributed by atoms with Gasteiger partial charge in [0.25, 0.3) is 0 Å². The van der Waals surface area contributed by atoms with Crippen molar-refractivity contribution in [1.82, 2.24) is 4.31 Å². The molecule has 10 heteroatoms. The summed E-state index contributed by atoms with van der Waals surface area (Å²) in [6.07, 6.45) is 0. The van der Waals surface area contributed by atoms with Gasteiger partial charge in [-0.3, -0.25) is 4.79 Å². The van der Waals surface area contributed by atoms with Crippen LogP contribution in [0.3, 0.4) is 0 Å². The Morgan fingerprint density at radius 3 is 2.40 bits per heavy atom. The second-order valence-electron chi connectivity index (χ2n) is 7.62. The highest BCUT2D eigenvalue weighted by atomic mass is 79.9. The van der Waals surface area contributed by atoms with Crippen LogP contribution in [0.2, 0.25) is 0 Å². The normalized spacial score (nSPS) is 11.5. The van der Waals surface area contributed by atoms with Gasteiger partial charge in [0, 0.05) is 21.4 Å². The van der Waals surface area contributed by atoms with Gasteiger partial charge in [0.05, 0.1) is 18.6 Å². The fraction of sp³-hybridized carbons (Fsp3) is 0.120. The van der Waals surface area contributed by atoms with Gasteiger partial charge < -0.3 is 10.1 Å². The van der Waals surface area contributed by atoms with Gasteiger partial charge in [0.1, 0.15) is 4.88 Å². The van der Waals surface area contributed by atoms with Gasteiger partial charge in [-0.05, 0) is 59.5 Å². The molecule has 0 saturated carbocycles. The minimum Gasteiger partial charge on any atom is -0.465 e. The van der Waals surface area contributed by atoms with E-state index >= 15 is 0 Å². The van der Waals surface area contributed by atoms with E-state index in [-0.39, 0.29) is 18.0 Å². The monoisotopic (exact) mass is 572 g/mol. The number of halogens is 1. The van der Waals surface area contributed by atoms with E-state index in [9.17, 15) is 18.0 Å². The van der Waals surface area contributed by atoms with E-state index < -0.39 is 21.9 Å². The Morgan fingerprint density at radius 1 is 1.00 bits per heavy atom. The second kappa shape index (κ2) is 10.7. The first-order valence-electron chi connectivity index (χ1n) is 10.5. The largest absolute Gasteiger partial charge is 0.465 e. The van der Waals surface area contributed by atoms with Gasteiger partial charge in [0.2, 0.25) is 15.9 Å². The number of benzene rings is 3. The smallest absolute Gasteiger partial charge is 0.348 e. The van der Waals surface area contributed by atoms with Crippen LogP contribution in [0.4, 0.5) is 5.69 Å². The number of amides is 1. The first kappa shape index (κ1) is 25.1. The molecule has 1 heterocycles. The maximum Gasteiger partial charge on any atom is 0.348 e. The predicted molar refractivity (Wildman–Crippen MR) is 140 cm³/mol. The minimum absolute atomic E-state index is 0.0404. The molecule has 0 radical (unpaired) electrons. The molecule has 0 atom stereocenters. The molecule has 1 amide bonds. The fourth-order valence-electron chi connectivity index (χ4n) is 3.45. The van der Waals surface area contributed by atoms with Crippen molar-refractivity contribution in [2.24, 2.45) is 0 Å². The summed E-state index contributed by atoms with van der Waals surface area (Å²) in [4.78, 5) is 25.3. The van der Waals surface area contributed by atoms with Crippen LogP contribution in [0.15, 0.2) is 88.2 Å². The van der Waals surface area contributed by atoms with E-state index in [0.717, 1.165) is 24.4 Å². The number of nitrogens with zero attached hydrogens (tertiary/aromatic N) is 1. The maximum absolute atomic E-state index is 13.4. The maximum atomic E-state index is 13.4. The van der Waals surface area contributed by atoms with Crippen molar-refractivity contribution in [3.05, 3.63) is 93.8 Å². The Balaban J connectivity index is 1.57. The van der Waals surface area contributed by atoms with Crippen LogP contribution >= 0.6 is 27.3 Å². The van der Waals surface area contributed by atoms with Crippen LogP contribution in [-0.4, -0.2) is 38.3 Å². The van der Waals surface area contributed by atoms with Gasteiger partial charge in [-0.1, -0.05) is 46.3 Å². The van der Waals surface area contributed by atoms with Crippen molar-refractivity contribution in [2.45, 2.75) is 11.4 Å². The molecule has 0 spiro atoms. The van der Waals surface area contributed by atoms with Crippen molar-refractivity contribution in [3.8, 4) is 0 Å². The van der Waals surface area contributed by atoms with E-state index in [0.29, 0.717) is 10.6 Å². The lowest BCUT2D eigenvalue weighted by Crippen LogP contribution is -2.37. The zero-order valence-corrected chi connectivity index (χ0v) is 21.8. The molecule has 1 N–H and O–H groups in total. The molecule has 3 aromatic carbocycles. The summed E-state index contributed by atoms with van der Waals surface area (Å²) >= 11 is 4.61. The molecular formula is C25H21BrN2O5S2. The number of sulfonamides is 1. The predicted octanol–water partition coefficient (Wildman–Crippen LogP) is 5.28. The number of ether oxygens (including phenoxy) is 1. The molecule has 4 aromatic rings. The number of carbonyl (C=O) groups is 2. The number of hydrogen-bond donors (Lipinski definition) is 1. The van der Waals surface area contributed by atoms with E-state index in [4.69, 9.17) is 4.74 Å². The minimum atomic E-state index is -3.95. The lowest BCUT2D eigenvalue weighted by molar-refractivity contribution is -0.116. The van der Waals surface area contributed by atoms with Crippen LogP contribution in [0.1, 0.15) is 15.2 Å². The van der Waals surface area contributed by atoms with Gasteiger partial charge in [0.15, 0.2) is 0 Å². The number of carbonyl (C=O) groups excluding carboxylic acids is 2. The van der Waals surface area contributed by atoms with Gasteiger partial charge in [-0.25, -0.2) is 13.2 Å². The van der Waals surface area contributed by atoms with Crippen LogP contribution < -0.4 is 5.32 Å². The fourth-order valence-corrected chi connectivity index (χ4v) is 6.06. The van der Waals surface area contributed by atoms with E-state index in [1.807, 2.05) is 30.3 Å². The highest BCUT2D eigenvalue weighted by Gasteiger charge is 2.27. The van der Waals surface area contributed by atoms with Gasteiger partial charge in [-0.15, -0.1) is 11.3 Å². The van der Waals surface area contributed by atoms with Crippen LogP contribution in [-0.2, 0) is 26.1 Å². The first-order valence-corrected chi connectivity index (χ1v) is 13.5. The number of nitrogens with one attached hydrogen (secondary N) is 1. The number of anilines is 1. The zero-order chi connectivity index (χ0) is 25.0. The standard InChI is InChI=1S/C25H21BrN2O5S2/c1-33-25(30)23-14-18-13-20(9-12-22(18)34-23)27-24(29)16-28(15-17-5-3-2-4-6-17)35(31,32)21-10-7-19(26)8-11-21/h2-14H,15-16H2,1H3,(H,27,29). The SMILES string of the molecule is COC(=O)c1cc2cc(NC(=O)CN(Cc3ccccc3)S(=O)(=O)c3ccc(Br)cc3)ccc2s1. The molecule has 0 fully saturated rings. The van der Waals surface area contributed by atoms with E-state index in [1.165, 1.54) is 30.6 Å². The van der Waals surface area contributed by atoms with Gasteiger partial charge >= 0.3 is 5.97 Å². The third kappa shape index (κ3) is 5.96. The second-order valence-corrected chi connectivity index (χ2v) is 11.6. The molecule has 35 heavy (non-hydrogen) atoms. The summed E-state index contributed by atoms with van der Waals surface area (Å²) in [5.41, 5.74) is 1.26. The Hall–Kier alpha value is -3.05. The molecule has 0 aliphatic rings. The van der Waals surface area contributed by atoms with Crippen molar-refractivity contribution >= 4 is 64.9 Å². The quantitative estimate of drug-likeness (QED) is 0.290. The number of esters is 1. The highest BCUT2D eigenvalue weighted by Crippen LogP contribution is 2.29. The molecule has 7 nitrogen and oxygen atoms in total. The number of rotatable bonds is 8. The summed E-state index contributed by atoms with van der Waals surface area (Å²) < 4.78 is 34.3. The molecule has 0 bridgehead atoms. The van der Waals surface area contributed by atoms with E-state index in [1.54, 1.807) is 36.4 Å². The van der Waals surface area contributed by atoms with Gasteiger partial charge in [-0.2, -0.15) is 4.31 Å². The summed E-state index contributed by atoms with van der Waals surface area (Å²) in [7, 11) is -2.62. The topological polar surface area (TPSA) is 92.8 Å². The van der Waals surface area contributed by atoms with Crippen LogP contribution in [0.5, 0.6) is 0 Å². The summed E-state index contributed by atoms with van der Waals surface area (Å²) in [5.74, 6) is -0.907. The van der Waals surface area contributed by atoms with Crippen molar-refractivity contribution in [1.29, 1.82) is 0 Å². The zero-order valence-electron chi connectivity index (χ0n) is 18.6. The molecule has 0 aliphatic heterocycles. The Bertz CT molecular complexity index is 1470. The molecule has 0 aliphatic carbocycles. The van der Waals surface area contributed by atoms with Crippen LogP contribution in [0.25, 0.3) is 10.1 Å². The summed E-state index contributed by atoms with van der Waals surface area (Å²) in [6.45, 7) is -0.332. The molecule has 0 unspecified atom stereocenters. The number of thiophene rings is 1. The lowest BCUT2D eigenvalue weighted by Gasteiger charge is -2.22. The lowest BCUT2D eigenvalue weighted by atomic mass is 10.2. The van der Waals surface area contributed by atoms with Crippen LogP contribution in [0, 0.1) is 0 Å². The molecule has 180 valence electrons.